The molecule has 0 radical (unpaired) electrons. The van der Waals surface area contributed by atoms with Gasteiger partial charge in [0.1, 0.15) is 0 Å². The maximum absolute atomic E-state index is 12.1. The molecule has 98 valence electrons. The van der Waals surface area contributed by atoms with E-state index in [1.54, 1.807) is 12.4 Å². The molecule has 1 fully saturated rings. The largest absolute Gasteiger partial charge is 0.391 e. The first-order valence-electron chi connectivity index (χ1n) is 6.57. The first-order chi connectivity index (χ1) is 8.68. The number of aliphatic hydroxyl groups is 1. The van der Waals surface area contributed by atoms with E-state index >= 15 is 0 Å². The van der Waals surface area contributed by atoms with Gasteiger partial charge in [0.2, 0.25) is 5.91 Å². The van der Waals surface area contributed by atoms with Gasteiger partial charge in [-0.25, -0.2) is 0 Å². The van der Waals surface area contributed by atoms with Gasteiger partial charge in [0.15, 0.2) is 0 Å². The summed E-state index contributed by atoms with van der Waals surface area (Å²) in [7, 11) is 0. The molecule has 0 aliphatic heterocycles. The second kappa shape index (κ2) is 5.96. The van der Waals surface area contributed by atoms with Gasteiger partial charge in [-0.1, -0.05) is 18.9 Å². The molecule has 1 heterocycles. The van der Waals surface area contributed by atoms with E-state index in [-0.39, 0.29) is 17.9 Å². The molecule has 1 amide bonds. The summed E-state index contributed by atoms with van der Waals surface area (Å²) < 4.78 is 0. The van der Waals surface area contributed by atoms with Crippen LogP contribution in [0.3, 0.4) is 0 Å². The first-order valence-corrected chi connectivity index (χ1v) is 6.57. The molecule has 0 spiro atoms. The second-order valence-corrected chi connectivity index (χ2v) is 4.97. The number of carbonyl (C=O) groups is 1. The van der Waals surface area contributed by atoms with Crippen LogP contribution in [-0.4, -0.2) is 28.1 Å². The lowest BCUT2D eigenvalue weighted by Crippen LogP contribution is -2.46. The van der Waals surface area contributed by atoms with Crippen LogP contribution in [-0.2, 0) is 4.79 Å². The molecule has 1 aromatic rings. The number of hydrogen-bond acceptors (Lipinski definition) is 3. The number of carbonyl (C=O) groups excluding carboxylic acids is 1. The lowest BCUT2D eigenvalue weighted by atomic mass is 9.91. The monoisotopic (exact) mass is 248 g/mol. The highest BCUT2D eigenvalue weighted by Crippen LogP contribution is 2.20. The van der Waals surface area contributed by atoms with Crippen molar-refractivity contribution >= 4 is 5.91 Å². The summed E-state index contributed by atoms with van der Waals surface area (Å²) in [4.78, 5) is 16.1. The summed E-state index contributed by atoms with van der Waals surface area (Å²) in [5.74, 6) is -0.262. The van der Waals surface area contributed by atoms with E-state index in [0.29, 0.717) is 0 Å². The highest BCUT2D eigenvalue weighted by atomic mass is 16.3. The highest BCUT2D eigenvalue weighted by Gasteiger charge is 2.26. The fourth-order valence-electron chi connectivity index (χ4n) is 2.37. The lowest BCUT2D eigenvalue weighted by Gasteiger charge is -2.29. The Labute approximate surface area is 107 Å². The number of rotatable bonds is 3. The van der Waals surface area contributed by atoms with Crippen molar-refractivity contribution in [1.82, 2.24) is 10.3 Å². The Kier molecular flexibility index (Phi) is 4.31. The summed E-state index contributed by atoms with van der Waals surface area (Å²) in [5.41, 5.74) is 0.903. The van der Waals surface area contributed by atoms with Crippen LogP contribution in [0.25, 0.3) is 0 Å². The van der Waals surface area contributed by atoms with E-state index in [0.717, 1.165) is 31.2 Å². The predicted octanol–water partition coefficient (Wildman–Crippen LogP) is 1.60. The number of nitrogens with zero attached hydrogens (tertiary/aromatic N) is 1. The van der Waals surface area contributed by atoms with E-state index in [1.165, 1.54) is 0 Å². The molecule has 18 heavy (non-hydrogen) atoms. The van der Waals surface area contributed by atoms with E-state index in [4.69, 9.17) is 0 Å². The summed E-state index contributed by atoms with van der Waals surface area (Å²) in [6.07, 6.45) is 6.78. The maximum Gasteiger partial charge on any atom is 0.227 e. The molecule has 1 aliphatic rings. The van der Waals surface area contributed by atoms with Gasteiger partial charge in [-0.05, 0) is 31.4 Å². The molecule has 0 aromatic carbocycles. The van der Waals surface area contributed by atoms with Crippen molar-refractivity contribution in [2.75, 3.05) is 0 Å². The van der Waals surface area contributed by atoms with Crippen LogP contribution in [0.1, 0.15) is 44.1 Å². The molecule has 0 saturated heterocycles. The number of hydrogen-bond donors (Lipinski definition) is 2. The summed E-state index contributed by atoms with van der Waals surface area (Å²) >= 11 is 0. The van der Waals surface area contributed by atoms with Crippen LogP contribution in [0.4, 0.5) is 0 Å². The molecular formula is C14H20N2O2. The Balaban J connectivity index is 1.95. The zero-order valence-corrected chi connectivity index (χ0v) is 10.7. The molecule has 3 atom stereocenters. The zero-order chi connectivity index (χ0) is 13.0. The second-order valence-electron chi connectivity index (χ2n) is 4.97. The van der Waals surface area contributed by atoms with Crippen molar-refractivity contribution in [2.45, 2.75) is 50.7 Å². The third kappa shape index (κ3) is 3.07. The van der Waals surface area contributed by atoms with Gasteiger partial charge in [-0.2, -0.15) is 0 Å². The molecule has 1 aromatic heterocycles. The summed E-state index contributed by atoms with van der Waals surface area (Å²) in [6.45, 7) is 1.86. The van der Waals surface area contributed by atoms with Crippen molar-refractivity contribution in [3.8, 4) is 0 Å². The number of pyridine rings is 1. The normalized spacial score (nSPS) is 25.4. The van der Waals surface area contributed by atoms with Crippen LogP contribution >= 0.6 is 0 Å². The molecular weight excluding hydrogens is 228 g/mol. The SMILES string of the molecule is CC(C(=O)NC1CCCCC1O)c1cccnc1. The smallest absolute Gasteiger partial charge is 0.227 e. The van der Waals surface area contributed by atoms with Crippen LogP contribution in [0.15, 0.2) is 24.5 Å². The molecule has 1 saturated carbocycles. The fourth-order valence-corrected chi connectivity index (χ4v) is 2.37. The molecule has 3 unspecified atom stereocenters. The van der Waals surface area contributed by atoms with E-state index in [9.17, 15) is 9.90 Å². The highest BCUT2D eigenvalue weighted by molar-refractivity contribution is 5.83. The standard InChI is InChI=1S/C14H20N2O2/c1-10(11-5-4-8-15-9-11)14(18)16-12-6-2-3-7-13(12)17/h4-5,8-10,12-13,17H,2-3,6-7H2,1H3,(H,16,18). The van der Waals surface area contributed by atoms with Crippen molar-refractivity contribution in [1.29, 1.82) is 0 Å². The van der Waals surface area contributed by atoms with Gasteiger partial charge in [0.25, 0.3) is 0 Å². The van der Waals surface area contributed by atoms with Crippen LogP contribution in [0.5, 0.6) is 0 Å². The van der Waals surface area contributed by atoms with Gasteiger partial charge in [0.05, 0.1) is 18.1 Å². The summed E-state index contributed by atoms with van der Waals surface area (Å²) in [6, 6.07) is 3.63. The minimum Gasteiger partial charge on any atom is -0.391 e. The Bertz CT molecular complexity index is 394. The topological polar surface area (TPSA) is 62.2 Å². The maximum atomic E-state index is 12.1. The van der Waals surface area contributed by atoms with Crippen molar-refractivity contribution in [2.24, 2.45) is 0 Å². The van der Waals surface area contributed by atoms with Gasteiger partial charge in [-0.3, -0.25) is 9.78 Å². The Morgan fingerprint density at radius 3 is 2.94 bits per heavy atom. The Morgan fingerprint density at radius 2 is 2.28 bits per heavy atom. The Morgan fingerprint density at radius 1 is 1.50 bits per heavy atom. The minimum absolute atomic E-state index is 0.0334. The average Bonchev–Trinajstić information content (AvgIpc) is 2.41. The molecule has 2 N–H and O–H groups in total. The van der Waals surface area contributed by atoms with Gasteiger partial charge in [0, 0.05) is 12.4 Å². The number of amides is 1. The van der Waals surface area contributed by atoms with Crippen LogP contribution < -0.4 is 5.32 Å². The fraction of sp³-hybridized carbons (Fsp3) is 0.571. The molecule has 4 nitrogen and oxygen atoms in total. The molecule has 2 rings (SSSR count). The van der Waals surface area contributed by atoms with Crippen molar-refractivity contribution < 1.29 is 9.90 Å². The van der Waals surface area contributed by atoms with E-state index < -0.39 is 6.10 Å². The summed E-state index contributed by atoms with van der Waals surface area (Å²) in [5, 5.41) is 12.8. The molecule has 1 aliphatic carbocycles. The van der Waals surface area contributed by atoms with Crippen molar-refractivity contribution in [3.05, 3.63) is 30.1 Å². The average molecular weight is 248 g/mol. The first kappa shape index (κ1) is 13.0. The van der Waals surface area contributed by atoms with E-state index in [1.807, 2.05) is 19.1 Å². The molecule has 0 bridgehead atoms. The predicted molar refractivity (Wildman–Crippen MR) is 69.1 cm³/mol. The number of aromatic nitrogens is 1. The van der Waals surface area contributed by atoms with Crippen molar-refractivity contribution in [3.63, 3.8) is 0 Å². The lowest BCUT2D eigenvalue weighted by molar-refractivity contribution is -0.124. The van der Waals surface area contributed by atoms with Gasteiger partial charge >= 0.3 is 0 Å². The minimum atomic E-state index is -0.399. The quantitative estimate of drug-likeness (QED) is 0.854. The van der Waals surface area contributed by atoms with Gasteiger partial charge < -0.3 is 10.4 Å². The van der Waals surface area contributed by atoms with Crippen LogP contribution in [0, 0.1) is 0 Å². The third-order valence-corrected chi connectivity index (χ3v) is 3.63. The zero-order valence-electron chi connectivity index (χ0n) is 10.7. The third-order valence-electron chi connectivity index (χ3n) is 3.63. The Hall–Kier alpha value is -1.42. The van der Waals surface area contributed by atoms with Gasteiger partial charge in [-0.15, -0.1) is 0 Å². The molecule has 4 heteroatoms. The number of aliphatic hydroxyl groups excluding tert-OH is 1. The van der Waals surface area contributed by atoms with Crippen LogP contribution in [0.2, 0.25) is 0 Å². The van der Waals surface area contributed by atoms with E-state index in [2.05, 4.69) is 10.3 Å². The number of nitrogens with one attached hydrogen (secondary N) is 1.